The maximum Gasteiger partial charge on any atom is 0.221 e. The summed E-state index contributed by atoms with van der Waals surface area (Å²) in [6, 6.07) is 11.8. The van der Waals surface area contributed by atoms with Gasteiger partial charge in [-0.05, 0) is 58.9 Å². The average molecular weight is 359 g/mol. The summed E-state index contributed by atoms with van der Waals surface area (Å²) in [7, 11) is 2.19. The fraction of sp³-hybridized carbons (Fsp3) is 0.423. The van der Waals surface area contributed by atoms with E-state index in [2.05, 4.69) is 96.6 Å². The lowest BCUT2D eigenvalue weighted by atomic mass is 9.67. The Morgan fingerprint density at radius 1 is 0.963 bits per heavy atom. The standard InChI is InChI=1S/C26H32N/c1-16-9-10-20-22(17(16)2)24-23-19(11-12-27(24)8)13-18(15-25(3,4)5)14-21(23)26(20,6)7/h9-14H,15H2,1-8H3/q+1. The van der Waals surface area contributed by atoms with E-state index in [1.807, 2.05) is 0 Å². The molecule has 1 aliphatic carbocycles. The number of aryl methyl sites for hydroxylation is 2. The Morgan fingerprint density at radius 3 is 2.33 bits per heavy atom. The van der Waals surface area contributed by atoms with Crippen LogP contribution in [0.3, 0.4) is 0 Å². The Morgan fingerprint density at radius 2 is 1.67 bits per heavy atom. The van der Waals surface area contributed by atoms with Gasteiger partial charge in [0.2, 0.25) is 5.69 Å². The number of rotatable bonds is 1. The Balaban J connectivity index is 2.16. The third kappa shape index (κ3) is 2.71. The monoisotopic (exact) mass is 358 g/mol. The minimum absolute atomic E-state index is 0.00128. The van der Waals surface area contributed by atoms with Crippen LogP contribution in [0.1, 0.15) is 62.4 Å². The Labute approximate surface area is 164 Å². The van der Waals surface area contributed by atoms with Gasteiger partial charge in [-0.1, -0.05) is 58.9 Å². The van der Waals surface area contributed by atoms with Crippen LogP contribution >= 0.6 is 0 Å². The molecule has 0 aliphatic heterocycles. The van der Waals surface area contributed by atoms with Gasteiger partial charge in [0, 0.05) is 11.5 Å². The van der Waals surface area contributed by atoms with Crippen LogP contribution in [0.5, 0.6) is 0 Å². The lowest BCUT2D eigenvalue weighted by molar-refractivity contribution is -0.659. The summed E-state index contributed by atoms with van der Waals surface area (Å²) in [6.45, 7) is 16.3. The maximum atomic E-state index is 2.48. The van der Waals surface area contributed by atoms with Gasteiger partial charge < -0.3 is 0 Å². The maximum absolute atomic E-state index is 2.48. The fourth-order valence-electron chi connectivity index (χ4n) is 4.86. The van der Waals surface area contributed by atoms with Gasteiger partial charge in [-0.3, -0.25) is 0 Å². The molecule has 0 N–H and O–H groups in total. The average Bonchev–Trinajstić information content (AvgIpc) is 2.55. The van der Waals surface area contributed by atoms with E-state index in [-0.39, 0.29) is 10.8 Å². The molecule has 1 heterocycles. The van der Waals surface area contributed by atoms with Gasteiger partial charge in [0.25, 0.3) is 0 Å². The smallest absolute Gasteiger partial charge is 0.200 e. The van der Waals surface area contributed by atoms with Crippen molar-refractivity contribution in [3.63, 3.8) is 0 Å². The number of benzene rings is 2. The van der Waals surface area contributed by atoms with Gasteiger partial charge >= 0.3 is 0 Å². The molecule has 0 saturated heterocycles. The zero-order valence-electron chi connectivity index (χ0n) is 18.1. The van der Waals surface area contributed by atoms with E-state index < -0.39 is 0 Å². The van der Waals surface area contributed by atoms with Crippen molar-refractivity contribution in [1.82, 2.24) is 0 Å². The molecule has 1 aliphatic rings. The van der Waals surface area contributed by atoms with Gasteiger partial charge in [0.1, 0.15) is 7.05 Å². The van der Waals surface area contributed by atoms with E-state index in [0.717, 1.165) is 6.42 Å². The fourth-order valence-corrected chi connectivity index (χ4v) is 4.86. The molecule has 27 heavy (non-hydrogen) atoms. The zero-order chi connectivity index (χ0) is 19.7. The van der Waals surface area contributed by atoms with Crippen molar-refractivity contribution in [3.8, 4) is 11.3 Å². The van der Waals surface area contributed by atoms with Crippen molar-refractivity contribution < 1.29 is 4.57 Å². The first kappa shape index (κ1) is 18.2. The molecule has 0 spiro atoms. The zero-order valence-corrected chi connectivity index (χ0v) is 18.1. The minimum atomic E-state index is 0.00128. The van der Waals surface area contributed by atoms with Gasteiger partial charge in [0.05, 0.1) is 10.9 Å². The summed E-state index contributed by atoms with van der Waals surface area (Å²) >= 11 is 0. The van der Waals surface area contributed by atoms with Crippen molar-refractivity contribution in [2.75, 3.05) is 0 Å². The number of fused-ring (bicyclic) bond motifs is 2. The van der Waals surface area contributed by atoms with Crippen LogP contribution in [0.15, 0.2) is 36.5 Å². The van der Waals surface area contributed by atoms with Crippen LogP contribution in [-0.2, 0) is 18.9 Å². The summed E-state index contributed by atoms with van der Waals surface area (Å²) in [6.07, 6.45) is 3.33. The Bertz CT molecular complexity index is 1080. The third-order valence-corrected chi connectivity index (χ3v) is 6.35. The van der Waals surface area contributed by atoms with Crippen LogP contribution in [0.2, 0.25) is 0 Å². The molecule has 2 aromatic carbocycles. The summed E-state index contributed by atoms with van der Waals surface area (Å²) in [5.74, 6) is 0. The summed E-state index contributed by atoms with van der Waals surface area (Å²) in [5, 5.41) is 2.81. The summed E-state index contributed by atoms with van der Waals surface area (Å²) in [4.78, 5) is 0. The van der Waals surface area contributed by atoms with Crippen molar-refractivity contribution in [2.24, 2.45) is 12.5 Å². The molecule has 1 aromatic heterocycles. The number of hydrogen-bond donors (Lipinski definition) is 0. The van der Waals surface area contributed by atoms with Crippen molar-refractivity contribution in [3.05, 3.63) is 64.3 Å². The molecular formula is C26H32N+. The first-order valence-corrected chi connectivity index (χ1v) is 10.1. The lowest BCUT2D eigenvalue weighted by Crippen LogP contribution is -2.36. The molecular weight excluding hydrogens is 326 g/mol. The molecule has 0 bridgehead atoms. The normalized spacial score (nSPS) is 15.1. The summed E-state index contributed by atoms with van der Waals surface area (Å²) < 4.78 is 2.32. The quantitative estimate of drug-likeness (QED) is 0.458. The molecule has 0 radical (unpaired) electrons. The second-order valence-corrected chi connectivity index (χ2v) is 10.2. The van der Waals surface area contributed by atoms with Crippen LogP contribution < -0.4 is 4.57 Å². The molecule has 0 fully saturated rings. The molecule has 4 rings (SSSR count). The SMILES string of the molecule is Cc1ccc2c(c1C)-c1c3c(cc(CC(C)(C)C)cc3cc[n+]1C)C2(C)C. The van der Waals surface area contributed by atoms with E-state index >= 15 is 0 Å². The highest BCUT2D eigenvalue weighted by Gasteiger charge is 2.38. The third-order valence-electron chi connectivity index (χ3n) is 6.35. The number of pyridine rings is 1. The highest BCUT2D eigenvalue weighted by Crippen LogP contribution is 2.49. The topological polar surface area (TPSA) is 3.88 Å². The van der Waals surface area contributed by atoms with Crippen molar-refractivity contribution >= 4 is 10.8 Å². The predicted octanol–water partition coefficient (Wildman–Crippen LogP) is 6.18. The number of hydrogen-bond acceptors (Lipinski definition) is 0. The summed E-state index contributed by atoms with van der Waals surface area (Å²) in [5.41, 5.74) is 10.3. The largest absolute Gasteiger partial charge is 0.221 e. The van der Waals surface area contributed by atoms with E-state index in [1.54, 1.807) is 0 Å². The number of nitrogens with zero attached hydrogens (tertiary/aromatic N) is 1. The lowest BCUT2D eigenvalue weighted by Gasteiger charge is -2.35. The second kappa shape index (κ2) is 5.67. The first-order valence-electron chi connectivity index (χ1n) is 10.1. The van der Waals surface area contributed by atoms with Crippen molar-refractivity contribution in [1.29, 1.82) is 0 Å². The number of aromatic nitrogens is 1. The van der Waals surface area contributed by atoms with Gasteiger partial charge in [0.15, 0.2) is 6.20 Å². The first-order chi connectivity index (χ1) is 12.5. The van der Waals surface area contributed by atoms with Gasteiger partial charge in [-0.2, -0.15) is 0 Å². The molecule has 0 amide bonds. The second-order valence-electron chi connectivity index (χ2n) is 10.2. The highest BCUT2D eigenvalue weighted by molar-refractivity contribution is 6.01. The van der Waals surface area contributed by atoms with Crippen LogP contribution in [0.4, 0.5) is 0 Å². The minimum Gasteiger partial charge on any atom is -0.200 e. The molecule has 0 atom stereocenters. The highest BCUT2D eigenvalue weighted by atomic mass is 14.9. The van der Waals surface area contributed by atoms with Crippen LogP contribution in [0.25, 0.3) is 22.0 Å². The molecule has 0 saturated carbocycles. The van der Waals surface area contributed by atoms with Crippen LogP contribution in [0, 0.1) is 19.3 Å². The molecule has 0 unspecified atom stereocenters. The van der Waals surface area contributed by atoms with E-state index in [4.69, 9.17) is 0 Å². The molecule has 3 aromatic rings. The molecule has 1 nitrogen and oxygen atoms in total. The van der Waals surface area contributed by atoms with E-state index in [9.17, 15) is 0 Å². The molecule has 1 heteroatoms. The predicted molar refractivity (Wildman–Crippen MR) is 115 cm³/mol. The van der Waals surface area contributed by atoms with Crippen LogP contribution in [-0.4, -0.2) is 0 Å². The van der Waals surface area contributed by atoms with Gasteiger partial charge in [-0.15, -0.1) is 0 Å². The van der Waals surface area contributed by atoms with Crippen molar-refractivity contribution in [2.45, 2.75) is 60.3 Å². The van der Waals surface area contributed by atoms with E-state index in [1.165, 1.54) is 49.8 Å². The molecule has 140 valence electrons. The Hall–Kier alpha value is -2.15. The Kier molecular flexibility index (Phi) is 3.83. The van der Waals surface area contributed by atoms with Gasteiger partial charge in [-0.25, -0.2) is 4.57 Å². The van der Waals surface area contributed by atoms with E-state index in [0.29, 0.717) is 0 Å².